The maximum Gasteiger partial charge on any atom is 0.303 e. The lowest BCUT2D eigenvalue weighted by Gasteiger charge is -2.36. The standard InChI is InChI=1S/C28H33N3O6S/c1-31-14-13-29-28(31)38-18-23-15-24(21-9-7-20(17-32)8-10-21)37-27(36-23)22-11-5-19(6-12-22)16-30-25(33)3-2-4-26(34)35/h5-14,23-24,27,32H,2-4,15-18H2,1H3,(H,30,33)(H,34,35)/t23-,24+,27+/m0/s1. The number of carboxylic acids is 1. The van der Waals surface area contributed by atoms with Gasteiger partial charge in [-0.1, -0.05) is 60.3 Å². The van der Waals surface area contributed by atoms with Gasteiger partial charge in [-0.2, -0.15) is 0 Å². The lowest BCUT2D eigenvalue weighted by atomic mass is 10.0. The molecule has 2 heterocycles. The number of amides is 1. The largest absolute Gasteiger partial charge is 0.481 e. The molecule has 1 fully saturated rings. The van der Waals surface area contributed by atoms with Crippen molar-refractivity contribution in [2.45, 2.75) is 62.5 Å². The predicted octanol–water partition coefficient (Wildman–Crippen LogP) is 4.12. The number of nitrogens with one attached hydrogen (secondary N) is 1. The highest BCUT2D eigenvalue weighted by Crippen LogP contribution is 2.39. The molecular weight excluding hydrogens is 506 g/mol. The molecular formula is C28H33N3O6S. The highest BCUT2D eigenvalue weighted by Gasteiger charge is 2.32. The fourth-order valence-corrected chi connectivity index (χ4v) is 5.11. The van der Waals surface area contributed by atoms with Crippen molar-refractivity contribution >= 4 is 23.6 Å². The quantitative estimate of drug-likeness (QED) is 0.294. The highest BCUT2D eigenvalue weighted by atomic mass is 32.2. The number of rotatable bonds is 12. The van der Waals surface area contributed by atoms with Gasteiger partial charge in [-0.15, -0.1) is 0 Å². The zero-order valence-electron chi connectivity index (χ0n) is 21.3. The van der Waals surface area contributed by atoms with E-state index in [1.54, 1.807) is 18.0 Å². The molecule has 2 aromatic carbocycles. The van der Waals surface area contributed by atoms with Gasteiger partial charge in [0, 0.05) is 56.6 Å². The summed E-state index contributed by atoms with van der Waals surface area (Å²) in [6.07, 6.45) is 4.09. The van der Waals surface area contributed by atoms with E-state index in [1.807, 2.05) is 66.3 Å². The van der Waals surface area contributed by atoms with Crippen LogP contribution in [0.1, 0.15) is 60.3 Å². The first-order chi connectivity index (χ1) is 18.4. The second-order valence-corrected chi connectivity index (χ2v) is 10.2. The van der Waals surface area contributed by atoms with E-state index in [0.717, 1.165) is 33.2 Å². The molecule has 0 saturated carbocycles. The molecule has 1 aliphatic heterocycles. The van der Waals surface area contributed by atoms with Crippen LogP contribution in [0.2, 0.25) is 0 Å². The Bertz CT molecular complexity index is 1200. The Balaban J connectivity index is 1.40. The van der Waals surface area contributed by atoms with Crippen LogP contribution in [0.25, 0.3) is 0 Å². The van der Waals surface area contributed by atoms with Crippen LogP contribution < -0.4 is 5.32 Å². The Morgan fingerprint density at radius 1 is 1.05 bits per heavy atom. The van der Waals surface area contributed by atoms with E-state index in [0.29, 0.717) is 19.4 Å². The number of aliphatic hydroxyl groups excluding tert-OH is 1. The molecule has 3 atom stereocenters. The summed E-state index contributed by atoms with van der Waals surface area (Å²) in [6, 6.07) is 15.5. The number of aliphatic carboxylic acids is 1. The number of nitrogens with zero attached hydrogens (tertiary/aromatic N) is 2. The van der Waals surface area contributed by atoms with Gasteiger partial charge in [0.2, 0.25) is 5.91 Å². The molecule has 0 unspecified atom stereocenters. The van der Waals surface area contributed by atoms with Crippen LogP contribution >= 0.6 is 11.8 Å². The predicted molar refractivity (Wildman–Crippen MR) is 142 cm³/mol. The Morgan fingerprint density at radius 2 is 1.76 bits per heavy atom. The SMILES string of the molecule is Cn1ccnc1SC[C@@H]1C[C@H](c2ccc(CO)cc2)O[C@H](c2ccc(CNC(=O)CCCC(=O)O)cc2)O1. The number of imidazole rings is 1. The van der Waals surface area contributed by atoms with E-state index in [-0.39, 0.29) is 37.6 Å². The van der Waals surface area contributed by atoms with Gasteiger partial charge in [0.25, 0.3) is 0 Å². The van der Waals surface area contributed by atoms with Crippen LogP contribution in [0.3, 0.4) is 0 Å². The zero-order valence-corrected chi connectivity index (χ0v) is 22.1. The first-order valence-corrected chi connectivity index (χ1v) is 13.6. The summed E-state index contributed by atoms with van der Waals surface area (Å²) >= 11 is 1.65. The monoisotopic (exact) mass is 539 g/mol. The highest BCUT2D eigenvalue weighted by molar-refractivity contribution is 7.99. The van der Waals surface area contributed by atoms with Gasteiger partial charge in [-0.25, -0.2) is 4.98 Å². The van der Waals surface area contributed by atoms with Crippen LogP contribution in [0.15, 0.2) is 66.1 Å². The van der Waals surface area contributed by atoms with Gasteiger partial charge in [0.1, 0.15) is 0 Å². The number of thioether (sulfide) groups is 1. The number of benzene rings is 2. The number of aliphatic hydroxyl groups is 1. The number of carbonyl (C=O) groups excluding carboxylic acids is 1. The summed E-state index contributed by atoms with van der Waals surface area (Å²) in [5.41, 5.74) is 3.69. The minimum absolute atomic E-state index is 0.00436. The average molecular weight is 540 g/mol. The smallest absolute Gasteiger partial charge is 0.303 e. The number of ether oxygens (including phenoxy) is 2. The van der Waals surface area contributed by atoms with Crippen LogP contribution in [-0.4, -0.2) is 43.5 Å². The van der Waals surface area contributed by atoms with Crippen LogP contribution in [0.4, 0.5) is 0 Å². The third kappa shape index (κ3) is 7.91. The number of hydrogen-bond donors (Lipinski definition) is 3. The number of aryl methyl sites for hydroxylation is 1. The molecule has 1 aliphatic rings. The van der Waals surface area contributed by atoms with Crippen molar-refractivity contribution < 1.29 is 29.3 Å². The van der Waals surface area contributed by atoms with E-state index in [9.17, 15) is 14.7 Å². The Labute approximate surface area is 226 Å². The molecule has 3 aromatic rings. The minimum atomic E-state index is -0.901. The maximum absolute atomic E-state index is 12.0. The molecule has 1 aromatic heterocycles. The van der Waals surface area contributed by atoms with Crippen molar-refractivity contribution in [3.63, 3.8) is 0 Å². The summed E-state index contributed by atoms with van der Waals surface area (Å²) in [5, 5.41) is 21.9. The molecule has 202 valence electrons. The molecule has 1 saturated heterocycles. The van der Waals surface area contributed by atoms with Crippen molar-refractivity contribution in [1.82, 2.24) is 14.9 Å². The van der Waals surface area contributed by atoms with Gasteiger partial charge in [0.05, 0.1) is 18.8 Å². The summed E-state index contributed by atoms with van der Waals surface area (Å²) in [5.74, 6) is -0.345. The van der Waals surface area contributed by atoms with E-state index in [4.69, 9.17) is 14.6 Å². The van der Waals surface area contributed by atoms with Crippen molar-refractivity contribution in [3.8, 4) is 0 Å². The van der Waals surface area contributed by atoms with Crippen molar-refractivity contribution in [2.75, 3.05) is 5.75 Å². The molecule has 4 rings (SSSR count). The third-order valence-electron chi connectivity index (χ3n) is 6.33. The van der Waals surface area contributed by atoms with E-state index in [1.165, 1.54) is 0 Å². The summed E-state index contributed by atoms with van der Waals surface area (Å²) in [6.45, 7) is 0.358. The molecule has 1 amide bonds. The van der Waals surface area contributed by atoms with Crippen molar-refractivity contribution in [1.29, 1.82) is 0 Å². The average Bonchev–Trinajstić information content (AvgIpc) is 3.35. The Hall–Kier alpha value is -3.18. The van der Waals surface area contributed by atoms with Gasteiger partial charge >= 0.3 is 5.97 Å². The Kier molecular flexibility index (Phi) is 9.94. The van der Waals surface area contributed by atoms with Crippen LogP contribution in [-0.2, 0) is 39.3 Å². The van der Waals surface area contributed by atoms with E-state index < -0.39 is 12.3 Å². The minimum Gasteiger partial charge on any atom is -0.481 e. The van der Waals surface area contributed by atoms with E-state index in [2.05, 4.69) is 10.3 Å². The van der Waals surface area contributed by atoms with Gasteiger partial charge in [-0.05, 0) is 23.1 Å². The number of aromatic nitrogens is 2. The number of hydrogen-bond acceptors (Lipinski definition) is 7. The number of carboxylic acid groups (broad SMARTS) is 1. The fourth-order valence-electron chi connectivity index (χ4n) is 4.16. The van der Waals surface area contributed by atoms with E-state index >= 15 is 0 Å². The third-order valence-corrected chi connectivity index (χ3v) is 7.52. The summed E-state index contributed by atoms with van der Waals surface area (Å²) < 4.78 is 14.7. The maximum atomic E-state index is 12.0. The van der Waals surface area contributed by atoms with Crippen molar-refractivity contribution in [2.24, 2.45) is 7.05 Å². The topological polar surface area (TPSA) is 123 Å². The zero-order chi connectivity index (χ0) is 26.9. The first kappa shape index (κ1) is 27.8. The first-order valence-electron chi connectivity index (χ1n) is 12.6. The van der Waals surface area contributed by atoms with Gasteiger partial charge in [0.15, 0.2) is 11.4 Å². The molecule has 3 N–H and O–H groups in total. The number of carbonyl (C=O) groups is 2. The Morgan fingerprint density at radius 3 is 2.42 bits per heavy atom. The van der Waals surface area contributed by atoms with Crippen molar-refractivity contribution in [3.05, 3.63) is 83.2 Å². The normalized spacial score (nSPS) is 19.3. The molecule has 0 aliphatic carbocycles. The lowest BCUT2D eigenvalue weighted by molar-refractivity contribution is -0.245. The molecule has 10 heteroatoms. The molecule has 38 heavy (non-hydrogen) atoms. The van der Waals surface area contributed by atoms with Crippen LogP contribution in [0, 0.1) is 0 Å². The summed E-state index contributed by atoms with van der Waals surface area (Å²) in [7, 11) is 1.97. The van der Waals surface area contributed by atoms with Gasteiger partial charge in [-0.3, -0.25) is 9.59 Å². The molecule has 0 bridgehead atoms. The molecule has 9 nitrogen and oxygen atoms in total. The fraction of sp³-hybridized carbons (Fsp3) is 0.393. The molecule has 0 spiro atoms. The second-order valence-electron chi connectivity index (χ2n) is 9.25. The van der Waals surface area contributed by atoms with Gasteiger partial charge < -0.3 is 29.6 Å². The summed E-state index contributed by atoms with van der Waals surface area (Å²) in [4.78, 5) is 27.0. The second kappa shape index (κ2) is 13.6. The molecule has 0 radical (unpaired) electrons. The van der Waals surface area contributed by atoms with Crippen LogP contribution in [0.5, 0.6) is 0 Å². The lowest BCUT2D eigenvalue weighted by Crippen LogP contribution is -2.31.